The summed E-state index contributed by atoms with van der Waals surface area (Å²) in [5.74, 6) is 1.17. The Labute approximate surface area is 171 Å². The number of aryl methyl sites for hydroxylation is 1. The second kappa shape index (κ2) is 10.6. The van der Waals surface area contributed by atoms with Gasteiger partial charge in [-0.15, -0.1) is 0 Å². The second-order valence-electron chi connectivity index (χ2n) is 8.33. The number of fused-ring (bicyclic) bond motifs is 3. The Balaban J connectivity index is 0.000000878. The van der Waals surface area contributed by atoms with Gasteiger partial charge in [0.2, 0.25) is 0 Å². The van der Waals surface area contributed by atoms with Gasteiger partial charge in [-0.25, -0.2) is 4.79 Å². The molecular weight excluding hydrogens is 346 g/mol. The summed E-state index contributed by atoms with van der Waals surface area (Å²) in [5, 5.41) is 2.75. The molecule has 2 aliphatic carbocycles. The first-order valence-corrected chi connectivity index (χ1v) is 10.7. The fourth-order valence-electron chi connectivity index (χ4n) is 4.84. The fraction of sp³-hybridized carbons (Fsp3) is 0.560. The van der Waals surface area contributed by atoms with Crippen molar-refractivity contribution in [2.75, 3.05) is 14.1 Å². The summed E-state index contributed by atoms with van der Waals surface area (Å²) in [5.41, 5.74) is 4.36. The van der Waals surface area contributed by atoms with Crippen molar-refractivity contribution < 1.29 is 9.53 Å². The van der Waals surface area contributed by atoms with Gasteiger partial charge in [0.05, 0.1) is 0 Å². The summed E-state index contributed by atoms with van der Waals surface area (Å²) in [6.07, 6.45) is 14.1. The highest BCUT2D eigenvalue weighted by Crippen LogP contribution is 2.52. The minimum absolute atomic E-state index is 0.298. The van der Waals surface area contributed by atoms with Crippen LogP contribution in [0.5, 0.6) is 5.75 Å². The zero-order chi connectivity index (χ0) is 20.6. The highest BCUT2D eigenvalue weighted by Gasteiger charge is 2.44. The molecule has 0 aliphatic heterocycles. The van der Waals surface area contributed by atoms with Crippen molar-refractivity contribution in [3.05, 3.63) is 53.1 Å². The van der Waals surface area contributed by atoms with E-state index in [0.717, 1.165) is 17.9 Å². The molecule has 3 heteroatoms. The Morgan fingerprint density at radius 1 is 1.25 bits per heavy atom. The first-order valence-electron chi connectivity index (χ1n) is 10.7. The molecule has 154 valence electrons. The van der Waals surface area contributed by atoms with Crippen LogP contribution in [0.1, 0.15) is 70.4 Å². The normalized spacial score (nSPS) is 23.1. The molecule has 1 N–H and O–H groups in total. The average molecular weight is 384 g/mol. The number of carbonyl (C=O) groups is 1. The van der Waals surface area contributed by atoms with Crippen molar-refractivity contribution >= 4 is 5.97 Å². The van der Waals surface area contributed by atoms with E-state index >= 15 is 0 Å². The molecule has 0 saturated heterocycles. The van der Waals surface area contributed by atoms with Gasteiger partial charge in [-0.1, -0.05) is 43.6 Å². The molecule has 2 atom stereocenters. The van der Waals surface area contributed by atoms with Gasteiger partial charge in [0.1, 0.15) is 5.75 Å². The van der Waals surface area contributed by atoms with Gasteiger partial charge in [0, 0.05) is 6.08 Å². The van der Waals surface area contributed by atoms with E-state index < -0.39 is 0 Å². The van der Waals surface area contributed by atoms with E-state index in [1.165, 1.54) is 55.7 Å². The largest absolute Gasteiger partial charge is 0.423 e. The van der Waals surface area contributed by atoms with Gasteiger partial charge < -0.3 is 10.1 Å². The van der Waals surface area contributed by atoms with Crippen molar-refractivity contribution in [3.8, 4) is 5.75 Å². The number of hydrogen-bond donors (Lipinski definition) is 1. The summed E-state index contributed by atoms with van der Waals surface area (Å²) in [7, 11) is 3.75. The summed E-state index contributed by atoms with van der Waals surface area (Å²) >= 11 is 0. The maximum Gasteiger partial charge on any atom is 0.336 e. The summed E-state index contributed by atoms with van der Waals surface area (Å²) in [6, 6.07) is 6.29. The molecule has 0 aromatic heterocycles. The van der Waals surface area contributed by atoms with Gasteiger partial charge in [0.15, 0.2) is 0 Å². The predicted molar refractivity (Wildman–Crippen MR) is 118 cm³/mol. The number of esters is 1. The third-order valence-corrected chi connectivity index (χ3v) is 6.10. The third kappa shape index (κ3) is 5.35. The van der Waals surface area contributed by atoms with Crippen LogP contribution in [-0.4, -0.2) is 20.1 Å². The Kier molecular flexibility index (Phi) is 8.50. The monoisotopic (exact) mass is 383 g/mol. The summed E-state index contributed by atoms with van der Waals surface area (Å²) in [6.45, 7) is 6.34. The van der Waals surface area contributed by atoms with Gasteiger partial charge in [0.25, 0.3) is 0 Å². The van der Waals surface area contributed by atoms with Crippen LogP contribution in [0, 0.1) is 5.92 Å². The Hall–Kier alpha value is -1.87. The second-order valence-corrected chi connectivity index (χ2v) is 8.33. The zero-order valence-corrected chi connectivity index (χ0v) is 18.3. The molecule has 2 aliphatic rings. The SMILES string of the molecule is CC[C@@]12CCCCC1CCc1ccc(OC(=O)/C=C/C=C(C)C)cc12.CNC. The highest BCUT2D eigenvalue weighted by atomic mass is 16.5. The summed E-state index contributed by atoms with van der Waals surface area (Å²) < 4.78 is 5.58. The number of hydrogen-bond acceptors (Lipinski definition) is 3. The molecule has 1 aromatic rings. The molecule has 0 spiro atoms. The van der Waals surface area contributed by atoms with Crippen molar-refractivity contribution in [3.63, 3.8) is 0 Å². The van der Waals surface area contributed by atoms with Crippen LogP contribution in [0.4, 0.5) is 0 Å². The van der Waals surface area contributed by atoms with Crippen LogP contribution >= 0.6 is 0 Å². The Morgan fingerprint density at radius 3 is 2.68 bits per heavy atom. The highest BCUT2D eigenvalue weighted by molar-refractivity contribution is 5.84. The molecule has 3 nitrogen and oxygen atoms in total. The Morgan fingerprint density at radius 2 is 2.00 bits per heavy atom. The topological polar surface area (TPSA) is 38.3 Å². The molecule has 1 saturated carbocycles. The molecule has 0 amide bonds. The van der Waals surface area contributed by atoms with E-state index in [1.54, 1.807) is 6.08 Å². The van der Waals surface area contributed by atoms with E-state index in [9.17, 15) is 4.79 Å². The minimum Gasteiger partial charge on any atom is -0.423 e. The number of benzene rings is 1. The third-order valence-electron chi connectivity index (χ3n) is 6.10. The van der Waals surface area contributed by atoms with E-state index in [4.69, 9.17) is 4.74 Å². The number of ether oxygens (including phenoxy) is 1. The molecule has 1 unspecified atom stereocenters. The molecule has 0 bridgehead atoms. The maximum atomic E-state index is 12.1. The van der Waals surface area contributed by atoms with E-state index in [-0.39, 0.29) is 5.97 Å². The van der Waals surface area contributed by atoms with Gasteiger partial charge >= 0.3 is 5.97 Å². The number of nitrogens with one attached hydrogen (secondary N) is 1. The Bertz CT molecular complexity index is 715. The molecular formula is C25H37NO2. The van der Waals surface area contributed by atoms with Crippen molar-refractivity contribution in [1.82, 2.24) is 5.32 Å². The molecule has 3 rings (SSSR count). The first kappa shape index (κ1) is 22.4. The van der Waals surface area contributed by atoms with Crippen molar-refractivity contribution in [2.45, 2.75) is 71.1 Å². The van der Waals surface area contributed by atoms with E-state index in [0.29, 0.717) is 11.2 Å². The molecule has 0 heterocycles. The lowest BCUT2D eigenvalue weighted by atomic mass is 9.56. The van der Waals surface area contributed by atoms with Gasteiger partial charge in [-0.05, 0) is 94.6 Å². The lowest BCUT2D eigenvalue weighted by molar-refractivity contribution is -0.129. The lowest BCUT2D eigenvalue weighted by Crippen LogP contribution is -2.41. The van der Waals surface area contributed by atoms with Gasteiger partial charge in [-0.3, -0.25) is 0 Å². The molecule has 28 heavy (non-hydrogen) atoms. The zero-order valence-electron chi connectivity index (χ0n) is 18.3. The van der Waals surface area contributed by atoms with Crippen LogP contribution in [0.3, 0.4) is 0 Å². The van der Waals surface area contributed by atoms with E-state index in [2.05, 4.69) is 24.4 Å². The minimum atomic E-state index is -0.306. The van der Waals surface area contributed by atoms with Crippen LogP contribution in [0.2, 0.25) is 0 Å². The standard InChI is InChI=1S/C23H30O2.C2H7N/c1-4-23-15-6-5-9-19(23)13-11-18-12-14-20(16-21(18)23)25-22(24)10-7-8-17(2)3;1-3-2/h7-8,10,12,14,16,19H,4-6,9,11,13,15H2,1-3H3;3H,1-2H3/b10-7+;/t19?,23-;/m1./s1. The lowest BCUT2D eigenvalue weighted by Gasteiger charge is -2.48. The number of carbonyl (C=O) groups excluding carboxylic acids is 1. The van der Waals surface area contributed by atoms with Crippen LogP contribution < -0.4 is 10.1 Å². The first-order chi connectivity index (χ1) is 13.5. The fourth-order valence-corrected chi connectivity index (χ4v) is 4.84. The van der Waals surface area contributed by atoms with E-state index in [1.807, 2.05) is 40.1 Å². The predicted octanol–water partition coefficient (Wildman–Crippen LogP) is 5.73. The van der Waals surface area contributed by atoms with Crippen molar-refractivity contribution in [2.24, 2.45) is 5.92 Å². The molecule has 1 aromatic carbocycles. The maximum absolute atomic E-state index is 12.1. The van der Waals surface area contributed by atoms with Gasteiger partial charge in [-0.2, -0.15) is 0 Å². The molecule has 0 radical (unpaired) electrons. The smallest absolute Gasteiger partial charge is 0.336 e. The van der Waals surface area contributed by atoms with Crippen LogP contribution in [-0.2, 0) is 16.6 Å². The quantitative estimate of drug-likeness (QED) is 0.312. The average Bonchev–Trinajstić information content (AvgIpc) is 2.68. The number of allylic oxidation sites excluding steroid dienone is 3. The molecule has 1 fully saturated rings. The van der Waals surface area contributed by atoms with Crippen LogP contribution in [0.15, 0.2) is 42.0 Å². The van der Waals surface area contributed by atoms with Crippen molar-refractivity contribution in [1.29, 1.82) is 0 Å². The summed E-state index contributed by atoms with van der Waals surface area (Å²) in [4.78, 5) is 12.1. The van der Waals surface area contributed by atoms with Crippen LogP contribution in [0.25, 0.3) is 0 Å². The number of rotatable bonds is 4.